The highest BCUT2D eigenvalue weighted by Gasteiger charge is 2.43. The number of aliphatic hydroxyl groups is 2. The monoisotopic (exact) mass is 353 g/mol. The number of fused-ring (bicyclic) bond motifs is 1. The number of aryl methyl sites for hydroxylation is 1. The Morgan fingerprint density at radius 3 is 2.85 bits per heavy atom. The van der Waals surface area contributed by atoms with E-state index in [0.29, 0.717) is 31.6 Å². The Hall–Kier alpha value is -2.51. The molecular formula is C19H23N5O2. The Labute approximate surface area is 151 Å². The van der Waals surface area contributed by atoms with E-state index >= 15 is 0 Å². The second-order valence-electron chi connectivity index (χ2n) is 7.18. The van der Waals surface area contributed by atoms with Crippen LogP contribution in [0.25, 0.3) is 5.65 Å². The first-order valence-corrected chi connectivity index (χ1v) is 8.87. The first kappa shape index (κ1) is 16.9. The van der Waals surface area contributed by atoms with Gasteiger partial charge in [-0.05, 0) is 31.4 Å². The quantitative estimate of drug-likeness (QED) is 0.734. The number of hydrogen-bond acceptors (Lipinski definition) is 6. The molecule has 0 radical (unpaired) electrons. The van der Waals surface area contributed by atoms with Crippen molar-refractivity contribution < 1.29 is 10.2 Å². The Bertz CT molecular complexity index is 897. The molecule has 0 unspecified atom stereocenters. The van der Waals surface area contributed by atoms with Gasteiger partial charge in [0.25, 0.3) is 0 Å². The van der Waals surface area contributed by atoms with Crippen LogP contribution >= 0.6 is 0 Å². The maximum Gasteiger partial charge on any atom is 0.200 e. The van der Waals surface area contributed by atoms with Crippen molar-refractivity contribution in [2.45, 2.75) is 25.9 Å². The third-order valence-electron chi connectivity index (χ3n) is 5.31. The van der Waals surface area contributed by atoms with Gasteiger partial charge < -0.3 is 15.1 Å². The first-order chi connectivity index (χ1) is 12.6. The maximum atomic E-state index is 10.7. The van der Waals surface area contributed by atoms with Crippen molar-refractivity contribution >= 4 is 11.3 Å². The summed E-state index contributed by atoms with van der Waals surface area (Å²) >= 11 is 0. The minimum absolute atomic E-state index is 0.0768. The zero-order valence-electron chi connectivity index (χ0n) is 14.8. The lowest BCUT2D eigenvalue weighted by atomic mass is 9.73. The fraction of sp³-hybridized carbons (Fsp3) is 0.421. The topological polar surface area (TPSA) is 86.8 Å². The van der Waals surface area contributed by atoms with Gasteiger partial charge in [-0.15, -0.1) is 10.2 Å². The van der Waals surface area contributed by atoms with Gasteiger partial charge in [-0.25, -0.2) is 0 Å². The average molecular weight is 353 g/mol. The Morgan fingerprint density at radius 2 is 2.08 bits per heavy atom. The number of benzene rings is 1. The van der Waals surface area contributed by atoms with Gasteiger partial charge in [-0.2, -0.15) is 9.61 Å². The molecule has 1 saturated heterocycles. The molecule has 7 nitrogen and oxygen atoms in total. The van der Waals surface area contributed by atoms with E-state index in [9.17, 15) is 10.2 Å². The van der Waals surface area contributed by atoms with Crippen LogP contribution in [0.5, 0.6) is 0 Å². The van der Waals surface area contributed by atoms with Gasteiger partial charge in [-0.1, -0.05) is 30.3 Å². The van der Waals surface area contributed by atoms with Crippen molar-refractivity contribution in [2.24, 2.45) is 5.41 Å². The standard InChI is InChI=1S/C19H23N5O2/c1-14-9-16(18-21-20-13-24(18)22-14)23-8-7-17(26)19(11-23,12-25)10-15-5-3-2-4-6-15/h2-6,9,13,17,25-26H,7-8,10-12H2,1H3/t17-,19+/m1/s1. The normalized spacial score (nSPS) is 23.5. The van der Waals surface area contributed by atoms with E-state index in [1.165, 1.54) is 0 Å². The van der Waals surface area contributed by atoms with E-state index in [-0.39, 0.29) is 6.61 Å². The van der Waals surface area contributed by atoms with E-state index in [4.69, 9.17) is 0 Å². The Balaban J connectivity index is 1.70. The van der Waals surface area contributed by atoms with Gasteiger partial charge in [0.05, 0.1) is 24.1 Å². The zero-order chi connectivity index (χ0) is 18.1. The summed E-state index contributed by atoms with van der Waals surface area (Å²) in [5, 5.41) is 33.5. The molecule has 1 aliphatic heterocycles. The molecule has 0 saturated carbocycles. The summed E-state index contributed by atoms with van der Waals surface area (Å²) in [5.41, 5.74) is 3.00. The number of anilines is 1. The molecule has 136 valence electrons. The summed E-state index contributed by atoms with van der Waals surface area (Å²) in [6.07, 6.45) is 2.25. The molecule has 2 N–H and O–H groups in total. The van der Waals surface area contributed by atoms with Gasteiger partial charge >= 0.3 is 0 Å². The van der Waals surface area contributed by atoms with Crippen molar-refractivity contribution in [1.82, 2.24) is 19.8 Å². The highest BCUT2D eigenvalue weighted by Crippen LogP contribution is 2.36. The summed E-state index contributed by atoms with van der Waals surface area (Å²) in [7, 11) is 0. The van der Waals surface area contributed by atoms with Crippen LogP contribution in [0.3, 0.4) is 0 Å². The molecular weight excluding hydrogens is 330 g/mol. The molecule has 26 heavy (non-hydrogen) atoms. The number of aliphatic hydroxyl groups excluding tert-OH is 2. The van der Waals surface area contributed by atoms with Gasteiger partial charge in [0.15, 0.2) is 0 Å². The van der Waals surface area contributed by atoms with Crippen LogP contribution in [0.4, 0.5) is 5.69 Å². The second kappa shape index (κ2) is 6.66. The van der Waals surface area contributed by atoms with E-state index in [2.05, 4.69) is 20.2 Å². The molecule has 7 heteroatoms. The van der Waals surface area contributed by atoms with Gasteiger partial charge in [0, 0.05) is 18.5 Å². The molecule has 2 atom stereocenters. The predicted octanol–water partition coefficient (Wildman–Crippen LogP) is 1.23. The summed E-state index contributed by atoms with van der Waals surface area (Å²) < 4.78 is 1.67. The highest BCUT2D eigenvalue weighted by molar-refractivity contribution is 5.68. The Morgan fingerprint density at radius 1 is 1.27 bits per heavy atom. The van der Waals surface area contributed by atoms with E-state index in [1.807, 2.05) is 43.3 Å². The van der Waals surface area contributed by atoms with Crippen LogP contribution in [0.15, 0.2) is 42.7 Å². The van der Waals surface area contributed by atoms with Crippen LogP contribution in [0.1, 0.15) is 17.7 Å². The van der Waals surface area contributed by atoms with Crippen LogP contribution in [0.2, 0.25) is 0 Å². The van der Waals surface area contributed by atoms with Gasteiger partial charge in [0.1, 0.15) is 6.33 Å². The summed E-state index contributed by atoms with van der Waals surface area (Å²) in [5.74, 6) is 0. The molecule has 1 aromatic carbocycles. The fourth-order valence-corrected chi connectivity index (χ4v) is 3.91. The lowest BCUT2D eigenvalue weighted by Crippen LogP contribution is -2.55. The van der Waals surface area contributed by atoms with Crippen molar-refractivity contribution in [3.05, 3.63) is 54.0 Å². The van der Waals surface area contributed by atoms with Crippen LogP contribution in [-0.2, 0) is 6.42 Å². The minimum atomic E-state index is -0.617. The second-order valence-corrected chi connectivity index (χ2v) is 7.18. The fourth-order valence-electron chi connectivity index (χ4n) is 3.91. The van der Waals surface area contributed by atoms with Crippen molar-refractivity contribution in [3.63, 3.8) is 0 Å². The molecule has 3 aromatic rings. The summed E-state index contributed by atoms with van der Waals surface area (Å²) in [6, 6.07) is 12.0. The summed E-state index contributed by atoms with van der Waals surface area (Å²) in [4.78, 5) is 2.19. The molecule has 1 aliphatic rings. The molecule has 4 rings (SSSR count). The van der Waals surface area contributed by atoms with Crippen molar-refractivity contribution in [2.75, 3.05) is 24.6 Å². The minimum Gasteiger partial charge on any atom is -0.396 e. The molecule has 3 heterocycles. The molecule has 0 spiro atoms. The summed E-state index contributed by atoms with van der Waals surface area (Å²) in [6.45, 7) is 3.10. The third-order valence-corrected chi connectivity index (χ3v) is 5.31. The number of nitrogens with zero attached hydrogens (tertiary/aromatic N) is 5. The number of piperidine rings is 1. The molecule has 1 fully saturated rings. The number of aromatic nitrogens is 4. The average Bonchev–Trinajstić information content (AvgIpc) is 3.12. The Kier molecular flexibility index (Phi) is 4.34. The first-order valence-electron chi connectivity index (χ1n) is 8.87. The zero-order valence-corrected chi connectivity index (χ0v) is 14.8. The molecule has 0 aliphatic carbocycles. The predicted molar refractivity (Wildman–Crippen MR) is 98.0 cm³/mol. The van der Waals surface area contributed by atoms with Crippen molar-refractivity contribution in [3.8, 4) is 0 Å². The van der Waals surface area contributed by atoms with E-state index in [0.717, 1.165) is 16.9 Å². The van der Waals surface area contributed by atoms with E-state index < -0.39 is 11.5 Å². The highest BCUT2D eigenvalue weighted by atomic mass is 16.3. The number of rotatable bonds is 4. The van der Waals surface area contributed by atoms with Crippen LogP contribution in [0, 0.1) is 12.3 Å². The van der Waals surface area contributed by atoms with Gasteiger partial charge in [0.2, 0.25) is 5.65 Å². The van der Waals surface area contributed by atoms with E-state index in [1.54, 1.807) is 10.8 Å². The number of hydrogen-bond donors (Lipinski definition) is 2. The third kappa shape index (κ3) is 2.93. The maximum absolute atomic E-state index is 10.7. The molecule has 0 bridgehead atoms. The van der Waals surface area contributed by atoms with Crippen molar-refractivity contribution in [1.29, 1.82) is 0 Å². The smallest absolute Gasteiger partial charge is 0.200 e. The van der Waals surface area contributed by atoms with Crippen LogP contribution < -0.4 is 4.90 Å². The van der Waals surface area contributed by atoms with Gasteiger partial charge in [-0.3, -0.25) is 0 Å². The van der Waals surface area contributed by atoms with Crippen LogP contribution in [-0.4, -0.2) is 55.8 Å². The largest absolute Gasteiger partial charge is 0.396 e. The lowest BCUT2D eigenvalue weighted by Gasteiger charge is -2.46. The molecule has 2 aromatic heterocycles. The SMILES string of the molecule is Cc1cc(N2CC[C@@H](O)[C@@](CO)(Cc3ccccc3)C2)c2nncn2n1. The molecule has 0 amide bonds. The lowest BCUT2D eigenvalue weighted by molar-refractivity contribution is -0.0290.